The van der Waals surface area contributed by atoms with Crippen molar-refractivity contribution in [2.24, 2.45) is 0 Å². The maximum Gasteiger partial charge on any atom is 0.0987 e. The molecule has 1 atom stereocenters. The van der Waals surface area contributed by atoms with Crippen LogP contribution >= 0.6 is 0 Å². The molecule has 1 N–H and O–H groups in total. The summed E-state index contributed by atoms with van der Waals surface area (Å²) >= 11 is 0. The van der Waals surface area contributed by atoms with Crippen LogP contribution in [0, 0.1) is 0 Å². The maximum atomic E-state index is 10.5. The van der Waals surface area contributed by atoms with Crippen LogP contribution in [-0.2, 0) is 15.9 Å². The average molecular weight is 251 g/mol. The number of aliphatic hydroxyl groups is 1. The number of pyridine rings is 1. The van der Waals surface area contributed by atoms with E-state index in [1.165, 1.54) is 0 Å². The minimum absolute atomic E-state index is 0.448. The van der Waals surface area contributed by atoms with Crippen molar-refractivity contribution in [1.82, 2.24) is 4.98 Å². The Kier molecular flexibility index (Phi) is 4.69. The SMILES string of the molecule is CCOC1(C(O)Cc2ccncc2)CCOCC1. The Hall–Kier alpha value is -0.970. The molecule has 18 heavy (non-hydrogen) atoms. The van der Waals surface area contributed by atoms with Gasteiger partial charge in [0.25, 0.3) is 0 Å². The number of aliphatic hydroxyl groups excluding tert-OH is 1. The number of ether oxygens (including phenoxy) is 2. The highest BCUT2D eigenvalue weighted by Crippen LogP contribution is 2.30. The van der Waals surface area contributed by atoms with Crippen LogP contribution in [0.2, 0.25) is 0 Å². The molecule has 1 unspecified atom stereocenters. The molecule has 2 rings (SSSR count). The third-order valence-corrected chi connectivity index (χ3v) is 3.56. The van der Waals surface area contributed by atoms with Crippen molar-refractivity contribution in [1.29, 1.82) is 0 Å². The van der Waals surface area contributed by atoms with Gasteiger partial charge in [0, 0.05) is 51.5 Å². The molecule has 1 aliphatic rings. The first kappa shape index (κ1) is 13.5. The summed E-state index contributed by atoms with van der Waals surface area (Å²) in [6, 6.07) is 3.87. The molecule has 4 nitrogen and oxygen atoms in total. The molecule has 1 aromatic heterocycles. The van der Waals surface area contributed by atoms with E-state index < -0.39 is 11.7 Å². The van der Waals surface area contributed by atoms with Crippen LogP contribution in [0.5, 0.6) is 0 Å². The normalized spacial score (nSPS) is 20.6. The summed E-state index contributed by atoms with van der Waals surface area (Å²) in [7, 11) is 0. The van der Waals surface area contributed by atoms with E-state index in [-0.39, 0.29) is 0 Å². The highest BCUT2D eigenvalue weighted by Gasteiger charge is 2.40. The molecule has 100 valence electrons. The van der Waals surface area contributed by atoms with Gasteiger partial charge in [-0.25, -0.2) is 0 Å². The summed E-state index contributed by atoms with van der Waals surface area (Å²) in [6.07, 6.45) is 5.12. The maximum absolute atomic E-state index is 10.5. The monoisotopic (exact) mass is 251 g/mol. The summed E-state index contributed by atoms with van der Waals surface area (Å²) in [4.78, 5) is 3.99. The summed E-state index contributed by atoms with van der Waals surface area (Å²) in [6.45, 7) is 3.91. The molecule has 0 aliphatic carbocycles. The Morgan fingerprint density at radius 3 is 2.67 bits per heavy atom. The molecule has 0 spiro atoms. The minimum atomic E-state index is -0.497. The zero-order valence-electron chi connectivity index (χ0n) is 10.8. The van der Waals surface area contributed by atoms with Crippen molar-refractivity contribution in [3.63, 3.8) is 0 Å². The lowest BCUT2D eigenvalue weighted by molar-refractivity contribution is -0.165. The molecular formula is C14H21NO3. The topological polar surface area (TPSA) is 51.6 Å². The minimum Gasteiger partial charge on any atom is -0.390 e. The first-order valence-corrected chi connectivity index (χ1v) is 6.55. The van der Waals surface area contributed by atoms with Gasteiger partial charge in [0.15, 0.2) is 0 Å². The van der Waals surface area contributed by atoms with Crippen LogP contribution in [0.3, 0.4) is 0 Å². The number of aromatic nitrogens is 1. The van der Waals surface area contributed by atoms with E-state index in [1.807, 2.05) is 19.1 Å². The summed E-state index contributed by atoms with van der Waals surface area (Å²) < 4.78 is 11.2. The fourth-order valence-electron chi connectivity index (χ4n) is 2.51. The Bertz CT molecular complexity index is 344. The Morgan fingerprint density at radius 1 is 1.39 bits per heavy atom. The van der Waals surface area contributed by atoms with E-state index in [0.29, 0.717) is 26.2 Å². The zero-order valence-corrected chi connectivity index (χ0v) is 10.8. The summed E-state index contributed by atoms with van der Waals surface area (Å²) in [5.41, 5.74) is 0.638. The fraction of sp³-hybridized carbons (Fsp3) is 0.643. The molecule has 0 amide bonds. The van der Waals surface area contributed by atoms with Gasteiger partial charge in [-0.3, -0.25) is 4.98 Å². The van der Waals surface area contributed by atoms with Gasteiger partial charge in [-0.05, 0) is 24.6 Å². The predicted molar refractivity (Wildman–Crippen MR) is 68.4 cm³/mol. The highest BCUT2D eigenvalue weighted by atomic mass is 16.5. The molecule has 0 bridgehead atoms. The second-order valence-electron chi connectivity index (χ2n) is 4.69. The molecule has 1 aliphatic heterocycles. The number of nitrogens with zero attached hydrogens (tertiary/aromatic N) is 1. The Labute approximate surface area is 108 Å². The lowest BCUT2D eigenvalue weighted by atomic mass is 9.85. The van der Waals surface area contributed by atoms with Crippen LogP contribution in [0.4, 0.5) is 0 Å². The molecule has 0 aromatic carbocycles. The number of hydrogen-bond donors (Lipinski definition) is 1. The van der Waals surface area contributed by atoms with Gasteiger partial charge in [-0.15, -0.1) is 0 Å². The van der Waals surface area contributed by atoms with Gasteiger partial charge >= 0.3 is 0 Å². The standard InChI is InChI=1S/C14H21NO3/c1-2-18-14(5-9-17-10-6-14)13(16)11-12-3-7-15-8-4-12/h3-4,7-8,13,16H,2,5-6,9-11H2,1H3. The molecule has 1 saturated heterocycles. The number of rotatable bonds is 5. The van der Waals surface area contributed by atoms with Crippen molar-refractivity contribution >= 4 is 0 Å². The van der Waals surface area contributed by atoms with E-state index >= 15 is 0 Å². The second kappa shape index (κ2) is 6.27. The predicted octanol–water partition coefficient (Wildman–Crippen LogP) is 1.57. The molecule has 1 fully saturated rings. The molecule has 0 radical (unpaired) electrons. The van der Waals surface area contributed by atoms with Gasteiger partial charge in [-0.1, -0.05) is 0 Å². The van der Waals surface area contributed by atoms with Gasteiger partial charge < -0.3 is 14.6 Å². The smallest absolute Gasteiger partial charge is 0.0987 e. The van der Waals surface area contributed by atoms with Crippen molar-refractivity contribution in [3.8, 4) is 0 Å². The van der Waals surface area contributed by atoms with Crippen LogP contribution in [0.25, 0.3) is 0 Å². The van der Waals surface area contributed by atoms with Crippen LogP contribution < -0.4 is 0 Å². The fourth-order valence-corrected chi connectivity index (χ4v) is 2.51. The first-order chi connectivity index (χ1) is 8.77. The van der Waals surface area contributed by atoms with Crippen LogP contribution in [-0.4, -0.2) is 41.6 Å². The first-order valence-electron chi connectivity index (χ1n) is 6.55. The van der Waals surface area contributed by atoms with Gasteiger partial charge in [0.05, 0.1) is 11.7 Å². The van der Waals surface area contributed by atoms with Crippen molar-refractivity contribution < 1.29 is 14.6 Å². The lowest BCUT2D eigenvalue weighted by Crippen LogP contribution is -2.50. The molecule has 1 aromatic rings. The Balaban J connectivity index is 2.05. The number of hydrogen-bond acceptors (Lipinski definition) is 4. The van der Waals surface area contributed by atoms with Crippen molar-refractivity contribution in [2.45, 2.75) is 37.9 Å². The van der Waals surface area contributed by atoms with Crippen LogP contribution in [0.15, 0.2) is 24.5 Å². The second-order valence-corrected chi connectivity index (χ2v) is 4.69. The molecule has 4 heteroatoms. The summed E-state index contributed by atoms with van der Waals surface area (Å²) in [5.74, 6) is 0. The largest absolute Gasteiger partial charge is 0.390 e. The van der Waals surface area contributed by atoms with E-state index in [2.05, 4.69) is 4.98 Å². The molecule has 2 heterocycles. The summed E-state index contributed by atoms with van der Waals surface area (Å²) in [5, 5.41) is 10.5. The average Bonchev–Trinajstić information content (AvgIpc) is 2.41. The van der Waals surface area contributed by atoms with Gasteiger partial charge in [-0.2, -0.15) is 0 Å². The molecule has 0 saturated carbocycles. The van der Waals surface area contributed by atoms with Crippen molar-refractivity contribution in [3.05, 3.63) is 30.1 Å². The van der Waals surface area contributed by atoms with Gasteiger partial charge in [0.2, 0.25) is 0 Å². The molecular weight excluding hydrogens is 230 g/mol. The third-order valence-electron chi connectivity index (χ3n) is 3.56. The third kappa shape index (κ3) is 3.07. The quantitative estimate of drug-likeness (QED) is 0.863. The highest BCUT2D eigenvalue weighted by molar-refractivity contribution is 5.12. The van der Waals surface area contributed by atoms with E-state index in [1.54, 1.807) is 12.4 Å². The zero-order chi connectivity index (χ0) is 12.8. The lowest BCUT2D eigenvalue weighted by Gasteiger charge is -2.40. The van der Waals surface area contributed by atoms with Crippen molar-refractivity contribution in [2.75, 3.05) is 19.8 Å². The van der Waals surface area contributed by atoms with E-state index in [4.69, 9.17) is 9.47 Å². The van der Waals surface area contributed by atoms with Crippen LogP contribution in [0.1, 0.15) is 25.3 Å². The van der Waals surface area contributed by atoms with E-state index in [9.17, 15) is 5.11 Å². The van der Waals surface area contributed by atoms with Gasteiger partial charge in [0.1, 0.15) is 0 Å². The van der Waals surface area contributed by atoms with E-state index in [0.717, 1.165) is 18.4 Å². The Morgan fingerprint density at radius 2 is 2.06 bits per heavy atom.